The smallest absolute Gasteiger partial charge is 0.241 e. The van der Waals surface area contributed by atoms with Crippen LogP contribution >= 0.6 is 23.2 Å². The second kappa shape index (κ2) is 7.76. The summed E-state index contributed by atoms with van der Waals surface area (Å²) >= 11 is 12.3. The van der Waals surface area contributed by atoms with Crippen LogP contribution in [0, 0.1) is 0 Å². The maximum absolute atomic E-state index is 6.17. The van der Waals surface area contributed by atoms with Crippen molar-refractivity contribution in [3.63, 3.8) is 0 Å². The van der Waals surface area contributed by atoms with Gasteiger partial charge in [0.05, 0.1) is 18.7 Å². The van der Waals surface area contributed by atoms with Gasteiger partial charge in [0.25, 0.3) is 0 Å². The molecule has 2 aromatic carbocycles. The van der Waals surface area contributed by atoms with Gasteiger partial charge in [0, 0.05) is 22.3 Å². The van der Waals surface area contributed by atoms with E-state index in [0.717, 1.165) is 16.3 Å². The van der Waals surface area contributed by atoms with Crippen molar-refractivity contribution in [1.29, 1.82) is 0 Å². The number of benzene rings is 2. The number of fused-ring (bicyclic) bond motifs is 1. The zero-order valence-electron chi connectivity index (χ0n) is 13.8. The number of hydrogen-bond donors (Lipinski definition) is 1. The number of halogens is 2. The molecule has 0 unspecified atom stereocenters. The molecule has 0 saturated heterocycles. The Balaban J connectivity index is 1.89. The van der Waals surface area contributed by atoms with E-state index in [-0.39, 0.29) is 0 Å². The minimum Gasteiger partial charge on any atom is -0.495 e. The molecule has 5 nitrogen and oxygen atoms in total. The first-order chi connectivity index (χ1) is 12.1. The maximum Gasteiger partial charge on any atom is 0.241 e. The summed E-state index contributed by atoms with van der Waals surface area (Å²) in [5.41, 5.74) is 0.997. The summed E-state index contributed by atoms with van der Waals surface area (Å²) in [6, 6.07) is 11.2. The van der Waals surface area contributed by atoms with Gasteiger partial charge in [0.15, 0.2) is 5.82 Å². The van der Waals surface area contributed by atoms with E-state index in [1.807, 2.05) is 37.3 Å². The molecule has 0 saturated carbocycles. The minimum absolute atomic E-state index is 0.493. The fourth-order valence-electron chi connectivity index (χ4n) is 2.48. The molecule has 0 bridgehead atoms. The largest absolute Gasteiger partial charge is 0.495 e. The third kappa shape index (κ3) is 3.89. The molecule has 1 heterocycles. The highest BCUT2D eigenvalue weighted by molar-refractivity contribution is 6.32. The van der Waals surface area contributed by atoms with Crippen LogP contribution in [0.25, 0.3) is 10.8 Å². The minimum atomic E-state index is 0.493. The van der Waals surface area contributed by atoms with Gasteiger partial charge in [0.2, 0.25) is 5.88 Å². The summed E-state index contributed by atoms with van der Waals surface area (Å²) in [6.07, 6.45) is 0. The van der Waals surface area contributed by atoms with E-state index in [0.29, 0.717) is 40.6 Å². The maximum atomic E-state index is 6.17. The molecule has 0 aliphatic carbocycles. The predicted molar refractivity (Wildman–Crippen MR) is 101 cm³/mol. The van der Waals surface area contributed by atoms with E-state index in [1.165, 1.54) is 0 Å². The van der Waals surface area contributed by atoms with Crippen molar-refractivity contribution in [3.8, 4) is 11.6 Å². The molecule has 0 aliphatic heterocycles. The van der Waals surface area contributed by atoms with E-state index in [2.05, 4.69) is 15.5 Å². The number of aromatic nitrogens is 2. The zero-order valence-corrected chi connectivity index (χ0v) is 15.4. The van der Waals surface area contributed by atoms with Crippen LogP contribution in [-0.2, 0) is 6.54 Å². The SMILES string of the molecule is CCOc1nnc(NCc2ccc(OC)c(Cl)c2)c2cc(Cl)ccc12. The van der Waals surface area contributed by atoms with Crippen LogP contribution in [0.15, 0.2) is 36.4 Å². The number of ether oxygens (including phenoxy) is 2. The Morgan fingerprint density at radius 1 is 1.04 bits per heavy atom. The Labute approximate surface area is 155 Å². The van der Waals surface area contributed by atoms with Gasteiger partial charge in [-0.05, 0) is 42.8 Å². The van der Waals surface area contributed by atoms with Gasteiger partial charge < -0.3 is 14.8 Å². The highest BCUT2D eigenvalue weighted by Gasteiger charge is 2.11. The third-order valence-corrected chi connectivity index (χ3v) is 4.20. The van der Waals surface area contributed by atoms with Crippen LogP contribution in [0.2, 0.25) is 10.0 Å². The van der Waals surface area contributed by atoms with Crippen molar-refractivity contribution in [2.75, 3.05) is 19.0 Å². The molecule has 1 N–H and O–H groups in total. The molecule has 0 aliphatic rings. The van der Waals surface area contributed by atoms with E-state index in [9.17, 15) is 0 Å². The van der Waals surface area contributed by atoms with E-state index < -0.39 is 0 Å². The first-order valence-electron chi connectivity index (χ1n) is 7.77. The summed E-state index contributed by atoms with van der Waals surface area (Å²) in [6.45, 7) is 2.96. The highest BCUT2D eigenvalue weighted by atomic mass is 35.5. The first kappa shape index (κ1) is 17.6. The van der Waals surface area contributed by atoms with Gasteiger partial charge in [-0.1, -0.05) is 29.3 Å². The fourth-order valence-corrected chi connectivity index (χ4v) is 2.93. The number of hydrogen-bond acceptors (Lipinski definition) is 5. The molecule has 0 spiro atoms. The number of methoxy groups -OCH3 is 1. The van der Waals surface area contributed by atoms with Gasteiger partial charge in [-0.3, -0.25) is 0 Å². The van der Waals surface area contributed by atoms with Gasteiger partial charge in [-0.25, -0.2) is 0 Å². The lowest BCUT2D eigenvalue weighted by atomic mass is 10.1. The molecular weight excluding hydrogens is 361 g/mol. The van der Waals surface area contributed by atoms with Gasteiger partial charge in [-0.2, -0.15) is 0 Å². The van der Waals surface area contributed by atoms with Crippen molar-refractivity contribution in [2.24, 2.45) is 0 Å². The van der Waals surface area contributed by atoms with Crippen molar-refractivity contribution >= 4 is 39.8 Å². The van der Waals surface area contributed by atoms with Crippen molar-refractivity contribution < 1.29 is 9.47 Å². The molecule has 3 aromatic rings. The van der Waals surface area contributed by atoms with E-state index in [1.54, 1.807) is 13.2 Å². The molecule has 1 aromatic heterocycles. The number of nitrogens with zero attached hydrogens (tertiary/aromatic N) is 2. The summed E-state index contributed by atoms with van der Waals surface area (Å²) in [5.74, 6) is 1.77. The normalized spacial score (nSPS) is 10.7. The number of nitrogens with one attached hydrogen (secondary N) is 1. The van der Waals surface area contributed by atoms with Gasteiger partial charge in [-0.15, -0.1) is 10.2 Å². The second-order valence-electron chi connectivity index (χ2n) is 5.30. The summed E-state index contributed by atoms with van der Waals surface area (Å²) < 4.78 is 10.7. The van der Waals surface area contributed by atoms with Crippen LogP contribution < -0.4 is 14.8 Å². The Kier molecular flexibility index (Phi) is 5.46. The second-order valence-corrected chi connectivity index (χ2v) is 6.14. The van der Waals surface area contributed by atoms with Crippen LogP contribution in [0.1, 0.15) is 12.5 Å². The summed E-state index contributed by atoms with van der Waals surface area (Å²) in [7, 11) is 1.59. The van der Waals surface area contributed by atoms with Crippen molar-refractivity contribution in [2.45, 2.75) is 13.5 Å². The lowest BCUT2D eigenvalue weighted by Gasteiger charge is -2.12. The van der Waals surface area contributed by atoms with E-state index >= 15 is 0 Å². The van der Waals surface area contributed by atoms with Crippen LogP contribution in [0.5, 0.6) is 11.6 Å². The Bertz CT molecular complexity index is 903. The molecule has 0 fully saturated rings. The van der Waals surface area contributed by atoms with Gasteiger partial charge in [0.1, 0.15) is 5.75 Å². The quantitative estimate of drug-likeness (QED) is 0.657. The van der Waals surface area contributed by atoms with E-state index in [4.69, 9.17) is 32.7 Å². The summed E-state index contributed by atoms with van der Waals surface area (Å²) in [4.78, 5) is 0. The first-order valence-corrected chi connectivity index (χ1v) is 8.53. The molecule has 0 radical (unpaired) electrons. The lowest BCUT2D eigenvalue weighted by molar-refractivity contribution is 0.327. The number of rotatable bonds is 6. The fraction of sp³-hybridized carbons (Fsp3) is 0.222. The summed E-state index contributed by atoms with van der Waals surface area (Å²) in [5, 5.41) is 14.6. The number of anilines is 1. The lowest BCUT2D eigenvalue weighted by Crippen LogP contribution is -2.05. The molecule has 3 rings (SSSR count). The molecule has 7 heteroatoms. The molecule has 0 amide bonds. The standard InChI is InChI=1S/C18H17Cl2N3O2/c1-3-25-18-13-6-5-12(19)9-14(13)17(22-23-18)21-10-11-4-7-16(24-2)15(20)8-11/h4-9H,3,10H2,1-2H3,(H,21,22). The molecule has 25 heavy (non-hydrogen) atoms. The monoisotopic (exact) mass is 377 g/mol. The van der Waals surface area contributed by atoms with Gasteiger partial charge >= 0.3 is 0 Å². The molecular formula is C18H17Cl2N3O2. The Morgan fingerprint density at radius 3 is 2.60 bits per heavy atom. The topological polar surface area (TPSA) is 56.3 Å². The third-order valence-electron chi connectivity index (χ3n) is 3.67. The van der Waals surface area contributed by atoms with Crippen LogP contribution in [0.3, 0.4) is 0 Å². The van der Waals surface area contributed by atoms with Crippen LogP contribution in [-0.4, -0.2) is 23.9 Å². The van der Waals surface area contributed by atoms with Crippen LogP contribution in [0.4, 0.5) is 5.82 Å². The van der Waals surface area contributed by atoms with Crippen molar-refractivity contribution in [1.82, 2.24) is 10.2 Å². The average Bonchev–Trinajstić information content (AvgIpc) is 2.61. The molecule has 0 atom stereocenters. The van der Waals surface area contributed by atoms with Crippen molar-refractivity contribution in [3.05, 3.63) is 52.0 Å². The zero-order chi connectivity index (χ0) is 17.8. The average molecular weight is 378 g/mol. The Hall–Kier alpha value is -2.24. The molecule has 130 valence electrons. The predicted octanol–water partition coefficient (Wildman–Crippen LogP) is 4.96. The highest BCUT2D eigenvalue weighted by Crippen LogP contribution is 2.31. The Morgan fingerprint density at radius 2 is 1.88 bits per heavy atom.